The molecular weight excluding hydrogens is 510 g/mol. The van der Waals surface area contributed by atoms with Gasteiger partial charge in [-0.05, 0) is 31.0 Å². The van der Waals surface area contributed by atoms with E-state index in [0.717, 1.165) is 43.7 Å². The van der Waals surface area contributed by atoms with E-state index in [9.17, 15) is 4.79 Å². The molecule has 4 aliphatic heterocycles. The maximum atomic E-state index is 13.3. The number of rotatable bonds is 5. The van der Waals surface area contributed by atoms with Crippen LogP contribution < -0.4 is 16.4 Å². The minimum Gasteiger partial charge on any atom is -0.494 e. The van der Waals surface area contributed by atoms with Crippen LogP contribution in [-0.2, 0) is 9.47 Å². The highest BCUT2D eigenvalue weighted by Gasteiger charge is 2.33. The van der Waals surface area contributed by atoms with Crippen LogP contribution in [0.3, 0.4) is 0 Å². The number of nitrogens with one attached hydrogen (secondary N) is 2. The molecule has 0 spiro atoms. The molecule has 2 N–H and O–H groups in total. The monoisotopic (exact) mass is 539 g/mol. The van der Waals surface area contributed by atoms with E-state index in [2.05, 4.69) is 20.7 Å². The van der Waals surface area contributed by atoms with Gasteiger partial charge in [0.05, 0.1) is 36.6 Å². The molecule has 0 aromatic carbocycles. The number of ether oxygens (including phenoxy) is 2. The quantitative estimate of drug-likeness (QED) is 0.467. The van der Waals surface area contributed by atoms with Gasteiger partial charge in [-0.15, -0.1) is 0 Å². The second-order valence-electron chi connectivity index (χ2n) is 9.95. The molecule has 3 aromatic heterocycles. The van der Waals surface area contributed by atoms with Gasteiger partial charge in [0.25, 0.3) is 0 Å². The molecular formula is C29H29N7O4. The van der Waals surface area contributed by atoms with Gasteiger partial charge in [-0.25, -0.2) is 14.8 Å². The summed E-state index contributed by atoms with van der Waals surface area (Å²) in [4.78, 5) is 32.3. The van der Waals surface area contributed by atoms with Gasteiger partial charge >= 0.3 is 5.63 Å². The Bertz CT molecular complexity index is 1570. The lowest BCUT2D eigenvalue weighted by atomic mass is 9.89. The number of hydrogen-bond acceptors (Lipinski definition) is 11. The molecule has 11 nitrogen and oxygen atoms in total. The molecule has 40 heavy (non-hydrogen) atoms. The molecule has 3 aromatic rings. The fraction of sp³-hybridized carbons (Fsp3) is 0.345. The number of amidine groups is 1. The molecule has 2 fully saturated rings. The third kappa shape index (κ3) is 4.46. The van der Waals surface area contributed by atoms with Crippen LogP contribution in [0.15, 0.2) is 80.9 Å². The predicted octanol–water partition coefficient (Wildman–Crippen LogP) is 2.74. The summed E-state index contributed by atoms with van der Waals surface area (Å²) in [5.41, 5.74) is 6.61. The van der Waals surface area contributed by atoms with Gasteiger partial charge in [-0.2, -0.15) is 0 Å². The van der Waals surface area contributed by atoms with E-state index in [1.54, 1.807) is 24.7 Å². The lowest BCUT2D eigenvalue weighted by Gasteiger charge is -2.24. The van der Waals surface area contributed by atoms with Crippen molar-refractivity contribution in [1.82, 2.24) is 30.7 Å². The highest BCUT2D eigenvalue weighted by atomic mass is 16.5. The molecule has 2 atom stereocenters. The molecule has 0 radical (unpaired) electrons. The van der Waals surface area contributed by atoms with Crippen molar-refractivity contribution in [2.45, 2.75) is 31.3 Å². The first-order valence-electron chi connectivity index (χ1n) is 13.6. The fourth-order valence-corrected chi connectivity index (χ4v) is 5.69. The van der Waals surface area contributed by atoms with E-state index < -0.39 is 11.5 Å². The molecule has 4 aliphatic rings. The molecule has 0 amide bonds. The van der Waals surface area contributed by atoms with Crippen molar-refractivity contribution in [3.05, 3.63) is 88.4 Å². The smallest absolute Gasteiger partial charge is 0.340 e. The topological polar surface area (TPSA) is 127 Å². The summed E-state index contributed by atoms with van der Waals surface area (Å²) in [7, 11) is 0. The van der Waals surface area contributed by atoms with Crippen molar-refractivity contribution >= 4 is 5.84 Å². The van der Waals surface area contributed by atoms with Crippen LogP contribution in [0.2, 0.25) is 0 Å². The van der Waals surface area contributed by atoms with E-state index >= 15 is 0 Å². The van der Waals surface area contributed by atoms with E-state index in [1.807, 2.05) is 24.3 Å². The third-order valence-electron chi connectivity index (χ3n) is 7.51. The SMILES string of the molecule is O=c1occc(-c2ncccc2-c2nccnc2C2=NCC(N3CCCN3)N2)c1C1C=CCO/C1=C1\CCCO1. The number of aliphatic imine (C=N–C) groups is 1. The summed E-state index contributed by atoms with van der Waals surface area (Å²) < 4.78 is 17.3. The minimum absolute atomic E-state index is 0.0495. The average Bonchev–Trinajstić information content (AvgIpc) is 3.80. The molecule has 204 valence electrons. The van der Waals surface area contributed by atoms with Gasteiger partial charge in [-0.3, -0.25) is 20.4 Å². The van der Waals surface area contributed by atoms with E-state index in [4.69, 9.17) is 28.9 Å². The summed E-state index contributed by atoms with van der Waals surface area (Å²) >= 11 is 0. The van der Waals surface area contributed by atoms with Crippen LogP contribution in [0.5, 0.6) is 0 Å². The third-order valence-corrected chi connectivity index (χ3v) is 7.51. The zero-order valence-corrected chi connectivity index (χ0v) is 21.9. The largest absolute Gasteiger partial charge is 0.494 e. The van der Waals surface area contributed by atoms with E-state index in [-0.39, 0.29) is 6.17 Å². The summed E-state index contributed by atoms with van der Waals surface area (Å²) in [5.74, 6) is 1.66. The van der Waals surface area contributed by atoms with Crippen molar-refractivity contribution in [2.24, 2.45) is 4.99 Å². The highest BCUT2D eigenvalue weighted by Crippen LogP contribution is 2.40. The number of pyridine rings is 1. The molecule has 7 rings (SSSR count). The lowest BCUT2D eigenvalue weighted by molar-refractivity contribution is 0.174. The number of aromatic nitrogens is 3. The van der Waals surface area contributed by atoms with Gasteiger partial charge in [0.2, 0.25) is 0 Å². The van der Waals surface area contributed by atoms with Crippen LogP contribution in [-0.4, -0.2) is 64.8 Å². The number of hydrazine groups is 1. The molecule has 0 aliphatic carbocycles. The molecule has 2 saturated heterocycles. The maximum absolute atomic E-state index is 13.3. The van der Waals surface area contributed by atoms with Crippen LogP contribution in [0.1, 0.15) is 36.4 Å². The Hall–Kier alpha value is -4.35. The van der Waals surface area contributed by atoms with Crippen LogP contribution in [0.25, 0.3) is 22.5 Å². The summed E-state index contributed by atoms with van der Waals surface area (Å²) in [5, 5.41) is 5.69. The second-order valence-corrected chi connectivity index (χ2v) is 9.95. The zero-order chi connectivity index (χ0) is 26.9. The predicted molar refractivity (Wildman–Crippen MR) is 147 cm³/mol. The Kier molecular flexibility index (Phi) is 6.58. The molecule has 0 saturated carbocycles. The first-order chi connectivity index (χ1) is 19.8. The fourth-order valence-electron chi connectivity index (χ4n) is 5.69. The van der Waals surface area contributed by atoms with Crippen LogP contribution in [0.4, 0.5) is 0 Å². The van der Waals surface area contributed by atoms with Crippen LogP contribution in [0, 0.1) is 0 Å². The first-order valence-corrected chi connectivity index (χ1v) is 13.6. The number of hydrogen-bond donors (Lipinski definition) is 2. The Balaban J connectivity index is 1.32. The maximum Gasteiger partial charge on any atom is 0.340 e. The number of nitrogens with zero attached hydrogens (tertiary/aromatic N) is 5. The van der Waals surface area contributed by atoms with E-state index in [0.29, 0.717) is 59.6 Å². The number of allylic oxidation sites excluding steroid dienone is 2. The minimum atomic E-state index is -0.458. The Morgan fingerprint density at radius 1 is 0.975 bits per heavy atom. The summed E-state index contributed by atoms with van der Waals surface area (Å²) in [6.07, 6.45) is 13.2. The molecule has 2 unspecified atom stereocenters. The van der Waals surface area contributed by atoms with Crippen molar-refractivity contribution in [1.29, 1.82) is 0 Å². The van der Waals surface area contributed by atoms with Gasteiger partial charge in [-0.1, -0.05) is 12.2 Å². The summed E-state index contributed by atoms with van der Waals surface area (Å²) in [6, 6.07) is 5.57. The van der Waals surface area contributed by atoms with Crippen molar-refractivity contribution in [2.75, 3.05) is 32.8 Å². The molecule has 7 heterocycles. The lowest BCUT2D eigenvalue weighted by Crippen LogP contribution is -2.49. The Morgan fingerprint density at radius 3 is 2.73 bits per heavy atom. The molecule has 11 heteroatoms. The van der Waals surface area contributed by atoms with E-state index in [1.165, 1.54) is 6.26 Å². The van der Waals surface area contributed by atoms with Gasteiger partial charge in [0.1, 0.15) is 35.7 Å². The van der Waals surface area contributed by atoms with Gasteiger partial charge in [0.15, 0.2) is 5.84 Å². The Morgan fingerprint density at radius 2 is 1.88 bits per heavy atom. The summed E-state index contributed by atoms with van der Waals surface area (Å²) in [6.45, 7) is 3.59. The normalized spacial score (nSPS) is 24.4. The highest BCUT2D eigenvalue weighted by molar-refractivity contribution is 6.04. The standard InChI is InChI=1S/C29H29N7O4/c37-29-23(19-6-2-15-39-27(19)21-7-3-14-38-21)18(8-16-40-29)24-20(5-1-9-30-24)25-26(32-12-11-31-25)28-33-17-22(35-28)36-13-4-10-34-36/h1-2,5-6,8-9,11-12,16,19,22,34H,3-4,7,10,13-15,17H2,(H,33,35)/b27-21+. The molecule has 0 bridgehead atoms. The van der Waals surface area contributed by atoms with Gasteiger partial charge in [0, 0.05) is 49.2 Å². The second kappa shape index (κ2) is 10.7. The average molecular weight is 540 g/mol. The Labute approximate surface area is 230 Å². The van der Waals surface area contributed by atoms with Gasteiger partial charge < -0.3 is 19.2 Å². The van der Waals surface area contributed by atoms with Crippen molar-refractivity contribution < 1.29 is 13.9 Å². The van der Waals surface area contributed by atoms with Crippen molar-refractivity contribution in [3.63, 3.8) is 0 Å². The first kappa shape index (κ1) is 24.7. The van der Waals surface area contributed by atoms with Crippen molar-refractivity contribution in [3.8, 4) is 22.5 Å². The zero-order valence-electron chi connectivity index (χ0n) is 21.9. The van der Waals surface area contributed by atoms with Crippen LogP contribution >= 0.6 is 0 Å².